The normalized spacial score (nSPS) is 12.6. The maximum Gasteiger partial charge on any atom is 0.419 e. The molecular weight excluding hydrogens is 303 g/mol. The van der Waals surface area contributed by atoms with Gasteiger partial charge in [0.05, 0.1) is 5.56 Å². The highest BCUT2D eigenvalue weighted by Gasteiger charge is 2.35. The second-order valence-corrected chi connectivity index (χ2v) is 4.50. The Morgan fingerprint density at radius 1 is 1.32 bits per heavy atom. The molecule has 0 aliphatic carbocycles. The second-order valence-electron chi connectivity index (χ2n) is 4.50. The molecule has 1 aromatic rings. The smallest absolute Gasteiger partial charge is 0.419 e. The Kier molecular flexibility index (Phi) is 5.78. The maximum absolute atomic E-state index is 12.8. The summed E-state index contributed by atoms with van der Waals surface area (Å²) in [7, 11) is 0. The van der Waals surface area contributed by atoms with Crippen molar-refractivity contribution in [1.82, 2.24) is 4.90 Å². The van der Waals surface area contributed by atoms with Crippen molar-refractivity contribution in [2.75, 3.05) is 13.1 Å². The van der Waals surface area contributed by atoms with Gasteiger partial charge in [0.1, 0.15) is 12.3 Å². The van der Waals surface area contributed by atoms with Crippen molar-refractivity contribution in [1.29, 1.82) is 0 Å². The van der Waals surface area contributed by atoms with Gasteiger partial charge >= 0.3 is 12.1 Å². The third-order valence-electron chi connectivity index (χ3n) is 2.86. The quantitative estimate of drug-likeness (QED) is 0.874. The number of para-hydroxylation sites is 1. The lowest BCUT2D eigenvalue weighted by atomic mass is 10.2. The molecule has 1 aromatic carbocycles. The van der Waals surface area contributed by atoms with Gasteiger partial charge in [0.15, 0.2) is 6.10 Å². The number of carbonyl (C=O) groups excluding carboxylic acids is 1. The van der Waals surface area contributed by atoms with E-state index in [0.717, 1.165) is 17.0 Å². The zero-order chi connectivity index (χ0) is 16.9. The molecule has 0 bridgehead atoms. The van der Waals surface area contributed by atoms with Crippen LogP contribution in [-0.2, 0) is 15.8 Å². The van der Waals surface area contributed by atoms with Crippen molar-refractivity contribution in [2.24, 2.45) is 0 Å². The van der Waals surface area contributed by atoms with Gasteiger partial charge in [0.25, 0.3) is 5.91 Å². The van der Waals surface area contributed by atoms with Crippen LogP contribution in [0.5, 0.6) is 5.75 Å². The highest BCUT2D eigenvalue weighted by atomic mass is 19.4. The Balaban J connectivity index is 2.91. The summed E-state index contributed by atoms with van der Waals surface area (Å²) in [6.07, 6.45) is -5.84. The van der Waals surface area contributed by atoms with E-state index in [2.05, 4.69) is 0 Å². The SMILES string of the molecule is CCN(CC(=O)O)C(=O)C(C)Oc1ccccc1C(F)(F)F. The van der Waals surface area contributed by atoms with Gasteiger partial charge < -0.3 is 14.7 Å². The molecule has 8 heteroatoms. The molecule has 0 radical (unpaired) electrons. The molecule has 0 aromatic heterocycles. The van der Waals surface area contributed by atoms with Gasteiger partial charge in [-0.25, -0.2) is 0 Å². The Morgan fingerprint density at radius 2 is 1.91 bits per heavy atom. The molecule has 22 heavy (non-hydrogen) atoms. The zero-order valence-electron chi connectivity index (χ0n) is 12.1. The van der Waals surface area contributed by atoms with E-state index in [0.29, 0.717) is 0 Å². The lowest BCUT2D eigenvalue weighted by Gasteiger charge is -2.24. The summed E-state index contributed by atoms with van der Waals surface area (Å²) >= 11 is 0. The van der Waals surface area contributed by atoms with Crippen molar-refractivity contribution < 1.29 is 32.6 Å². The van der Waals surface area contributed by atoms with E-state index in [1.165, 1.54) is 19.1 Å². The van der Waals surface area contributed by atoms with Crippen LogP contribution < -0.4 is 4.74 Å². The summed E-state index contributed by atoms with van der Waals surface area (Å²) in [6.45, 7) is 2.42. The predicted octanol–water partition coefficient (Wildman–Crippen LogP) is 2.41. The highest BCUT2D eigenvalue weighted by molar-refractivity contribution is 5.84. The van der Waals surface area contributed by atoms with Crippen molar-refractivity contribution in [3.8, 4) is 5.75 Å². The number of hydrogen-bond acceptors (Lipinski definition) is 3. The largest absolute Gasteiger partial charge is 0.480 e. The minimum absolute atomic E-state index is 0.111. The molecule has 0 saturated carbocycles. The fourth-order valence-corrected chi connectivity index (χ4v) is 1.81. The number of carboxylic acid groups (broad SMARTS) is 1. The number of benzene rings is 1. The first-order chi connectivity index (χ1) is 10.2. The fourth-order valence-electron chi connectivity index (χ4n) is 1.81. The summed E-state index contributed by atoms with van der Waals surface area (Å²) in [5.74, 6) is -2.37. The number of nitrogens with zero attached hydrogens (tertiary/aromatic N) is 1. The molecule has 0 aliphatic rings. The molecule has 1 amide bonds. The van der Waals surface area contributed by atoms with Crippen molar-refractivity contribution in [3.05, 3.63) is 29.8 Å². The van der Waals surface area contributed by atoms with Gasteiger partial charge in [-0.3, -0.25) is 9.59 Å². The molecule has 1 atom stereocenters. The number of aliphatic carboxylic acids is 1. The summed E-state index contributed by atoms with van der Waals surface area (Å²) in [4.78, 5) is 23.7. The van der Waals surface area contributed by atoms with Gasteiger partial charge in [-0.2, -0.15) is 13.2 Å². The first-order valence-electron chi connectivity index (χ1n) is 6.50. The molecule has 1 N–H and O–H groups in total. The fraction of sp³-hybridized carbons (Fsp3) is 0.429. The van der Waals surface area contributed by atoms with Gasteiger partial charge in [-0.15, -0.1) is 0 Å². The number of rotatable bonds is 6. The van der Waals surface area contributed by atoms with E-state index in [9.17, 15) is 22.8 Å². The summed E-state index contributed by atoms with van der Waals surface area (Å²) in [6, 6.07) is 4.53. The third kappa shape index (κ3) is 4.64. The van der Waals surface area contributed by atoms with E-state index in [1.807, 2.05) is 0 Å². The molecule has 0 spiro atoms. The number of halogens is 3. The molecule has 0 aliphatic heterocycles. The number of hydrogen-bond donors (Lipinski definition) is 1. The van der Waals surface area contributed by atoms with Crippen LogP contribution in [0.25, 0.3) is 0 Å². The Hall–Kier alpha value is -2.25. The van der Waals surface area contributed by atoms with Crippen LogP contribution in [-0.4, -0.2) is 41.1 Å². The van der Waals surface area contributed by atoms with Gasteiger partial charge in [-0.05, 0) is 26.0 Å². The minimum Gasteiger partial charge on any atom is -0.480 e. The molecule has 1 unspecified atom stereocenters. The molecular formula is C14H16F3NO4. The van der Waals surface area contributed by atoms with E-state index in [4.69, 9.17) is 9.84 Å². The third-order valence-corrected chi connectivity index (χ3v) is 2.86. The van der Waals surface area contributed by atoms with Crippen LogP contribution >= 0.6 is 0 Å². The second kappa shape index (κ2) is 7.15. The van der Waals surface area contributed by atoms with Crippen molar-refractivity contribution >= 4 is 11.9 Å². The monoisotopic (exact) mass is 319 g/mol. The number of likely N-dealkylation sites (N-methyl/N-ethyl adjacent to an activating group) is 1. The van der Waals surface area contributed by atoms with Crippen LogP contribution in [0.3, 0.4) is 0 Å². The molecule has 0 fully saturated rings. The average Bonchev–Trinajstić information content (AvgIpc) is 2.43. The van der Waals surface area contributed by atoms with Gasteiger partial charge in [-0.1, -0.05) is 12.1 Å². The average molecular weight is 319 g/mol. The van der Waals surface area contributed by atoms with Crippen LogP contribution in [0.1, 0.15) is 19.4 Å². The molecule has 122 valence electrons. The topological polar surface area (TPSA) is 66.8 Å². The summed E-state index contributed by atoms with van der Waals surface area (Å²) < 4.78 is 43.6. The highest BCUT2D eigenvalue weighted by Crippen LogP contribution is 2.36. The molecule has 1 rings (SSSR count). The number of carbonyl (C=O) groups is 2. The van der Waals surface area contributed by atoms with E-state index >= 15 is 0 Å². The van der Waals surface area contributed by atoms with Crippen molar-refractivity contribution in [2.45, 2.75) is 26.1 Å². The zero-order valence-corrected chi connectivity index (χ0v) is 12.1. The number of ether oxygens (including phenoxy) is 1. The minimum atomic E-state index is -4.61. The first kappa shape index (κ1) is 17.8. The standard InChI is InChI=1S/C14H16F3NO4/c1-3-18(8-12(19)20)13(21)9(2)22-11-7-5-4-6-10(11)14(15,16)17/h4-7,9H,3,8H2,1-2H3,(H,19,20). The molecule has 5 nitrogen and oxygen atoms in total. The molecule has 0 heterocycles. The summed E-state index contributed by atoms with van der Waals surface area (Å²) in [5, 5.41) is 8.70. The molecule has 0 saturated heterocycles. The Bertz CT molecular complexity index is 545. The number of amides is 1. The van der Waals surface area contributed by atoms with Crippen molar-refractivity contribution in [3.63, 3.8) is 0 Å². The lowest BCUT2D eigenvalue weighted by Crippen LogP contribution is -2.43. The van der Waals surface area contributed by atoms with E-state index in [-0.39, 0.29) is 6.54 Å². The Labute approximate surface area is 125 Å². The van der Waals surface area contributed by atoms with Crippen LogP contribution in [0.15, 0.2) is 24.3 Å². The van der Waals surface area contributed by atoms with Gasteiger partial charge in [0, 0.05) is 6.54 Å². The number of alkyl halides is 3. The van der Waals surface area contributed by atoms with E-state index in [1.54, 1.807) is 6.92 Å². The number of carboxylic acids is 1. The van der Waals surface area contributed by atoms with E-state index < -0.39 is 42.0 Å². The lowest BCUT2D eigenvalue weighted by molar-refractivity contribution is -0.148. The van der Waals surface area contributed by atoms with Gasteiger partial charge in [0.2, 0.25) is 0 Å². The maximum atomic E-state index is 12.8. The Morgan fingerprint density at radius 3 is 2.41 bits per heavy atom. The summed E-state index contributed by atoms with van der Waals surface area (Å²) in [5.41, 5.74) is -0.990. The van der Waals surface area contributed by atoms with Crippen LogP contribution in [0.4, 0.5) is 13.2 Å². The first-order valence-corrected chi connectivity index (χ1v) is 6.50. The predicted molar refractivity (Wildman–Crippen MR) is 71.4 cm³/mol. The van der Waals surface area contributed by atoms with Crippen LogP contribution in [0.2, 0.25) is 0 Å². The van der Waals surface area contributed by atoms with Crippen LogP contribution in [0, 0.1) is 0 Å².